The van der Waals surface area contributed by atoms with Gasteiger partial charge in [0.2, 0.25) is 5.91 Å². The van der Waals surface area contributed by atoms with Crippen molar-refractivity contribution in [2.24, 2.45) is 5.92 Å². The summed E-state index contributed by atoms with van der Waals surface area (Å²) in [6.45, 7) is 10.3. The van der Waals surface area contributed by atoms with Gasteiger partial charge in [-0.1, -0.05) is 13.8 Å². The third kappa shape index (κ3) is 9.73. The van der Waals surface area contributed by atoms with Gasteiger partial charge in [-0.3, -0.25) is 4.79 Å². The zero-order valence-electron chi connectivity index (χ0n) is 10.8. The van der Waals surface area contributed by atoms with Crippen molar-refractivity contribution in [1.29, 1.82) is 0 Å². The lowest BCUT2D eigenvalue weighted by atomic mass is 10.1. The maximum atomic E-state index is 10.8. The predicted octanol–water partition coefficient (Wildman–Crippen LogP) is 1.88. The minimum Gasteiger partial charge on any atom is -0.354 e. The summed E-state index contributed by atoms with van der Waals surface area (Å²) in [6, 6.07) is 0.281. The molecular formula is C12H26N2O. The van der Waals surface area contributed by atoms with Crippen LogP contribution in [0.1, 0.15) is 40.5 Å². The first-order chi connectivity index (χ1) is 6.91. The molecule has 0 aliphatic rings. The first-order valence-corrected chi connectivity index (χ1v) is 5.87. The lowest BCUT2D eigenvalue weighted by Crippen LogP contribution is -2.34. The monoisotopic (exact) mass is 214 g/mol. The molecule has 90 valence electrons. The summed E-state index contributed by atoms with van der Waals surface area (Å²) >= 11 is 0. The van der Waals surface area contributed by atoms with Crippen molar-refractivity contribution in [2.45, 2.75) is 46.6 Å². The first kappa shape index (κ1) is 14.4. The molecule has 3 nitrogen and oxygen atoms in total. The molecule has 0 aromatic rings. The summed E-state index contributed by atoms with van der Waals surface area (Å²) in [4.78, 5) is 13.1. The molecule has 0 aliphatic heterocycles. The lowest BCUT2D eigenvalue weighted by molar-refractivity contribution is -0.119. The average Bonchev–Trinajstić information content (AvgIpc) is 2.10. The molecule has 3 heteroatoms. The van der Waals surface area contributed by atoms with Crippen molar-refractivity contribution in [1.82, 2.24) is 10.2 Å². The average molecular weight is 214 g/mol. The quantitative estimate of drug-likeness (QED) is 0.702. The van der Waals surface area contributed by atoms with Crippen LogP contribution in [0, 0.1) is 5.92 Å². The normalized spacial score (nSPS) is 13.3. The highest BCUT2D eigenvalue weighted by Crippen LogP contribution is 2.01. The van der Waals surface area contributed by atoms with E-state index in [1.807, 2.05) is 0 Å². The Morgan fingerprint density at radius 1 is 1.20 bits per heavy atom. The van der Waals surface area contributed by atoms with Gasteiger partial charge < -0.3 is 10.2 Å². The second-order valence-corrected chi connectivity index (χ2v) is 4.88. The number of rotatable bonds is 7. The zero-order chi connectivity index (χ0) is 11.8. The van der Waals surface area contributed by atoms with Crippen molar-refractivity contribution in [3.8, 4) is 0 Å². The molecule has 0 aromatic carbocycles. The summed E-state index contributed by atoms with van der Waals surface area (Å²) in [5, 5.41) is 2.90. The topological polar surface area (TPSA) is 32.3 Å². The highest BCUT2D eigenvalue weighted by molar-refractivity contribution is 5.73. The Kier molecular flexibility index (Phi) is 7.39. The van der Waals surface area contributed by atoms with Gasteiger partial charge in [0.25, 0.3) is 0 Å². The molecule has 1 amide bonds. The van der Waals surface area contributed by atoms with E-state index in [9.17, 15) is 4.79 Å². The number of amides is 1. The summed E-state index contributed by atoms with van der Waals surface area (Å²) < 4.78 is 0. The van der Waals surface area contributed by atoms with E-state index in [1.165, 1.54) is 6.42 Å². The smallest absolute Gasteiger partial charge is 0.217 e. The van der Waals surface area contributed by atoms with Gasteiger partial charge in [-0.25, -0.2) is 0 Å². The van der Waals surface area contributed by atoms with Gasteiger partial charge in [0, 0.05) is 13.0 Å². The molecular weight excluding hydrogens is 188 g/mol. The molecule has 0 radical (unpaired) electrons. The molecule has 0 saturated heterocycles. The van der Waals surface area contributed by atoms with Gasteiger partial charge in [-0.05, 0) is 45.8 Å². The van der Waals surface area contributed by atoms with Crippen molar-refractivity contribution in [3.63, 3.8) is 0 Å². The largest absolute Gasteiger partial charge is 0.354 e. The molecule has 0 fully saturated rings. The molecule has 0 spiro atoms. The molecule has 0 bridgehead atoms. The Bertz CT molecular complexity index is 180. The van der Waals surface area contributed by atoms with E-state index < -0.39 is 0 Å². The van der Waals surface area contributed by atoms with E-state index in [0.29, 0.717) is 0 Å². The van der Waals surface area contributed by atoms with E-state index >= 15 is 0 Å². The van der Waals surface area contributed by atoms with Gasteiger partial charge in [0.05, 0.1) is 0 Å². The fourth-order valence-electron chi connectivity index (χ4n) is 1.42. The van der Waals surface area contributed by atoms with Gasteiger partial charge >= 0.3 is 0 Å². The van der Waals surface area contributed by atoms with Crippen LogP contribution in [-0.4, -0.2) is 37.0 Å². The van der Waals surface area contributed by atoms with Crippen LogP contribution >= 0.6 is 0 Å². The van der Waals surface area contributed by atoms with E-state index in [1.54, 1.807) is 6.92 Å². The Morgan fingerprint density at radius 2 is 1.73 bits per heavy atom. The zero-order valence-corrected chi connectivity index (χ0v) is 10.8. The second-order valence-electron chi connectivity index (χ2n) is 4.88. The van der Waals surface area contributed by atoms with Crippen LogP contribution in [0.2, 0.25) is 0 Å². The Labute approximate surface area is 94.2 Å². The van der Waals surface area contributed by atoms with Crippen LogP contribution in [0.5, 0.6) is 0 Å². The van der Waals surface area contributed by atoms with Crippen LogP contribution < -0.4 is 5.32 Å². The third-order valence-electron chi connectivity index (χ3n) is 2.48. The number of carbonyl (C=O) groups excluding carboxylic acids is 1. The fraction of sp³-hybridized carbons (Fsp3) is 0.917. The van der Waals surface area contributed by atoms with Gasteiger partial charge in [-0.15, -0.1) is 0 Å². The minimum atomic E-state index is 0.0623. The lowest BCUT2D eigenvalue weighted by Gasteiger charge is -2.20. The highest BCUT2D eigenvalue weighted by atomic mass is 16.1. The van der Waals surface area contributed by atoms with Crippen molar-refractivity contribution in [2.75, 3.05) is 20.1 Å². The number of nitrogens with one attached hydrogen (secondary N) is 1. The van der Waals surface area contributed by atoms with E-state index in [4.69, 9.17) is 0 Å². The number of hydrogen-bond donors (Lipinski definition) is 1. The molecule has 1 atom stereocenters. The molecule has 0 rings (SSSR count). The number of nitrogens with zero attached hydrogens (tertiary/aromatic N) is 1. The predicted molar refractivity (Wildman–Crippen MR) is 64.8 cm³/mol. The first-order valence-electron chi connectivity index (χ1n) is 5.87. The van der Waals surface area contributed by atoms with Crippen molar-refractivity contribution in [3.05, 3.63) is 0 Å². The summed E-state index contributed by atoms with van der Waals surface area (Å²) in [5.74, 6) is 0.826. The van der Waals surface area contributed by atoms with Gasteiger partial charge in [-0.2, -0.15) is 0 Å². The third-order valence-corrected chi connectivity index (χ3v) is 2.48. The molecule has 0 aromatic heterocycles. The van der Waals surface area contributed by atoms with E-state index in [-0.39, 0.29) is 11.9 Å². The van der Waals surface area contributed by atoms with Crippen LogP contribution in [0.3, 0.4) is 0 Å². The maximum absolute atomic E-state index is 10.8. The molecule has 1 unspecified atom stereocenters. The Balaban J connectivity index is 3.52. The number of carbonyl (C=O) groups is 1. The van der Waals surface area contributed by atoms with Crippen LogP contribution in [-0.2, 0) is 4.79 Å². The van der Waals surface area contributed by atoms with Crippen LogP contribution in [0.15, 0.2) is 0 Å². The minimum absolute atomic E-state index is 0.0623. The molecule has 0 saturated carbocycles. The van der Waals surface area contributed by atoms with Crippen molar-refractivity contribution >= 4 is 5.91 Å². The van der Waals surface area contributed by atoms with Crippen LogP contribution in [0.4, 0.5) is 0 Å². The molecule has 1 N–H and O–H groups in total. The Morgan fingerprint density at radius 3 is 2.20 bits per heavy atom. The summed E-state index contributed by atoms with van der Waals surface area (Å²) in [5.41, 5.74) is 0. The molecule has 15 heavy (non-hydrogen) atoms. The maximum Gasteiger partial charge on any atom is 0.217 e. The van der Waals surface area contributed by atoms with Crippen LogP contribution in [0.25, 0.3) is 0 Å². The standard InChI is InChI=1S/C12H26N2O/c1-10(2)6-8-14(5)9-7-11(3)13-12(4)15/h10-11H,6-9H2,1-5H3,(H,13,15). The van der Waals surface area contributed by atoms with Crippen molar-refractivity contribution < 1.29 is 4.79 Å². The van der Waals surface area contributed by atoms with Gasteiger partial charge in [0.1, 0.15) is 0 Å². The van der Waals surface area contributed by atoms with E-state index in [0.717, 1.165) is 25.4 Å². The van der Waals surface area contributed by atoms with Gasteiger partial charge in [0.15, 0.2) is 0 Å². The number of hydrogen-bond acceptors (Lipinski definition) is 2. The van der Waals surface area contributed by atoms with E-state index in [2.05, 4.69) is 38.0 Å². The summed E-state index contributed by atoms with van der Waals surface area (Å²) in [6.07, 6.45) is 2.26. The second kappa shape index (κ2) is 7.69. The summed E-state index contributed by atoms with van der Waals surface area (Å²) in [7, 11) is 2.14. The Hall–Kier alpha value is -0.570. The molecule has 0 aliphatic carbocycles. The molecule has 0 heterocycles. The SMILES string of the molecule is CC(=O)NC(C)CCN(C)CCC(C)C. The fourth-order valence-corrected chi connectivity index (χ4v) is 1.42. The highest BCUT2D eigenvalue weighted by Gasteiger charge is 2.05.